The minimum absolute atomic E-state index is 0.0121. The van der Waals surface area contributed by atoms with E-state index < -0.39 is 45.4 Å². The largest absolute Gasteiger partial charge is 0.465 e. The van der Waals surface area contributed by atoms with Gasteiger partial charge in [-0.15, -0.1) is 0 Å². The summed E-state index contributed by atoms with van der Waals surface area (Å²) in [4.78, 5) is 23.7. The highest BCUT2D eigenvalue weighted by Crippen LogP contribution is 2.21. The van der Waals surface area contributed by atoms with Gasteiger partial charge in [0.25, 0.3) is 0 Å². The normalized spacial score (nSPS) is 12.8. The SMILES string of the molecule is CCOC(=O)C(C)(C)C(=O)CS(=O)c1ccc(F)c(F)c1. The predicted molar refractivity (Wildman–Crippen MR) is 73.1 cm³/mol. The number of Topliss-reactive ketones (excluding diaryl/α,β-unsaturated/α-hetero) is 1. The summed E-state index contributed by atoms with van der Waals surface area (Å²) < 4.78 is 42.6. The van der Waals surface area contributed by atoms with Crippen molar-refractivity contribution in [2.45, 2.75) is 25.7 Å². The zero-order chi connectivity index (χ0) is 16.2. The summed E-state index contributed by atoms with van der Waals surface area (Å²) in [7, 11) is -1.86. The maximum Gasteiger partial charge on any atom is 0.319 e. The Balaban J connectivity index is 2.84. The standard InChI is InChI=1S/C14H16F2O4S/c1-4-20-13(18)14(2,3)12(17)8-21(19)9-5-6-10(15)11(16)7-9/h5-7H,4,8H2,1-3H3. The van der Waals surface area contributed by atoms with Crippen molar-refractivity contribution in [1.29, 1.82) is 0 Å². The molecule has 7 heteroatoms. The van der Waals surface area contributed by atoms with Gasteiger partial charge >= 0.3 is 5.97 Å². The van der Waals surface area contributed by atoms with Gasteiger partial charge in [0.1, 0.15) is 5.41 Å². The quantitative estimate of drug-likeness (QED) is 0.596. The van der Waals surface area contributed by atoms with Crippen LogP contribution in [0.1, 0.15) is 20.8 Å². The monoisotopic (exact) mass is 318 g/mol. The Labute approximate surface area is 123 Å². The number of carbonyl (C=O) groups is 2. The molecule has 0 aromatic heterocycles. The van der Waals surface area contributed by atoms with Gasteiger partial charge in [-0.2, -0.15) is 0 Å². The molecule has 0 N–H and O–H groups in total. The third-order valence-electron chi connectivity index (χ3n) is 2.90. The average molecular weight is 318 g/mol. The third kappa shape index (κ3) is 4.17. The number of halogens is 2. The summed E-state index contributed by atoms with van der Waals surface area (Å²) in [6.07, 6.45) is 0. The molecule has 0 amide bonds. The van der Waals surface area contributed by atoms with E-state index in [2.05, 4.69) is 0 Å². The first-order valence-corrected chi connectivity index (χ1v) is 7.56. The number of carbonyl (C=O) groups excluding carboxylic acids is 2. The van der Waals surface area contributed by atoms with Crippen molar-refractivity contribution in [1.82, 2.24) is 0 Å². The topological polar surface area (TPSA) is 60.4 Å². The smallest absolute Gasteiger partial charge is 0.319 e. The lowest BCUT2D eigenvalue weighted by Gasteiger charge is -2.20. The van der Waals surface area contributed by atoms with Crippen LogP contribution < -0.4 is 0 Å². The summed E-state index contributed by atoms with van der Waals surface area (Å²) in [5, 5.41) is 0. The highest BCUT2D eigenvalue weighted by atomic mass is 32.2. The van der Waals surface area contributed by atoms with Crippen LogP contribution in [0.25, 0.3) is 0 Å². The van der Waals surface area contributed by atoms with Crippen LogP contribution in [0.3, 0.4) is 0 Å². The Hall–Kier alpha value is -1.63. The Bertz CT molecular complexity index is 584. The molecule has 116 valence electrons. The van der Waals surface area contributed by atoms with Crippen LogP contribution in [0.15, 0.2) is 23.1 Å². The van der Waals surface area contributed by atoms with E-state index in [1.54, 1.807) is 6.92 Å². The number of hydrogen-bond donors (Lipinski definition) is 0. The average Bonchev–Trinajstić information content (AvgIpc) is 2.41. The van der Waals surface area contributed by atoms with E-state index in [0.29, 0.717) is 0 Å². The Morgan fingerprint density at radius 2 is 1.86 bits per heavy atom. The van der Waals surface area contributed by atoms with Crippen molar-refractivity contribution in [3.05, 3.63) is 29.8 Å². The first-order chi connectivity index (χ1) is 9.70. The number of benzene rings is 1. The van der Waals surface area contributed by atoms with Crippen molar-refractivity contribution in [3.8, 4) is 0 Å². The maximum absolute atomic E-state index is 13.1. The molecule has 0 radical (unpaired) electrons. The number of rotatable bonds is 6. The fourth-order valence-corrected chi connectivity index (χ4v) is 2.65. The highest BCUT2D eigenvalue weighted by molar-refractivity contribution is 7.85. The Morgan fingerprint density at radius 3 is 2.38 bits per heavy atom. The molecule has 1 atom stereocenters. The summed E-state index contributed by atoms with van der Waals surface area (Å²) in [6.45, 7) is 4.48. The van der Waals surface area contributed by atoms with Crippen molar-refractivity contribution in [2.24, 2.45) is 5.41 Å². The van der Waals surface area contributed by atoms with Crippen LogP contribution in [0, 0.1) is 17.0 Å². The molecule has 0 bridgehead atoms. The molecule has 0 spiro atoms. The van der Waals surface area contributed by atoms with E-state index in [1.165, 1.54) is 13.8 Å². The van der Waals surface area contributed by atoms with Gasteiger partial charge in [0.2, 0.25) is 0 Å². The fourth-order valence-electron chi connectivity index (χ4n) is 1.43. The first-order valence-electron chi connectivity index (χ1n) is 6.24. The molecule has 0 aliphatic carbocycles. The van der Waals surface area contributed by atoms with E-state index >= 15 is 0 Å². The fraction of sp³-hybridized carbons (Fsp3) is 0.429. The summed E-state index contributed by atoms with van der Waals surface area (Å²) >= 11 is 0. The molecule has 4 nitrogen and oxygen atoms in total. The van der Waals surface area contributed by atoms with Crippen molar-refractivity contribution in [3.63, 3.8) is 0 Å². The molecule has 1 aromatic rings. The van der Waals surface area contributed by atoms with Crippen molar-refractivity contribution < 1.29 is 27.3 Å². The molecular weight excluding hydrogens is 302 g/mol. The van der Waals surface area contributed by atoms with Gasteiger partial charge in [-0.3, -0.25) is 13.8 Å². The third-order valence-corrected chi connectivity index (χ3v) is 4.20. The summed E-state index contributed by atoms with van der Waals surface area (Å²) in [5.74, 6) is -3.98. The van der Waals surface area contributed by atoms with Gasteiger partial charge in [0.05, 0.1) is 23.2 Å². The molecular formula is C14H16F2O4S. The van der Waals surface area contributed by atoms with Gasteiger partial charge in [-0.1, -0.05) is 0 Å². The van der Waals surface area contributed by atoms with Crippen LogP contribution in [-0.2, 0) is 25.1 Å². The lowest BCUT2D eigenvalue weighted by Crippen LogP contribution is -2.37. The Morgan fingerprint density at radius 1 is 1.24 bits per heavy atom. The van der Waals surface area contributed by atoms with Gasteiger partial charge in [-0.05, 0) is 39.0 Å². The van der Waals surface area contributed by atoms with Crippen LogP contribution >= 0.6 is 0 Å². The second-order valence-electron chi connectivity index (χ2n) is 4.83. The van der Waals surface area contributed by atoms with E-state index in [9.17, 15) is 22.6 Å². The molecule has 1 rings (SSSR count). The molecule has 1 unspecified atom stereocenters. The number of hydrogen-bond acceptors (Lipinski definition) is 4. The van der Waals surface area contributed by atoms with Gasteiger partial charge in [0, 0.05) is 4.90 Å². The minimum Gasteiger partial charge on any atom is -0.465 e. The molecule has 0 saturated heterocycles. The van der Waals surface area contributed by atoms with Gasteiger partial charge < -0.3 is 4.74 Å². The Kier molecular flexibility index (Phi) is 5.71. The van der Waals surface area contributed by atoms with Crippen molar-refractivity contribution >= 4 is 22.6 Å². The zero-order valence-corrected chi connectivity index (χ0v) is 12.8. The van der Waals surface area contributed by atoms with E-state index in [0.717, 1.165) is 18.2 Å². The van der Waals surface area contributed by atoms with E-state index in [1.807, 2.05) is 0 Å². The molecule has 0 aliphatic heterocycles. The molecule has 0 fully saturated rings. The highest BCUT2D eigenvalue weighted by Gasteiger charge is 2.38. The lowest BCUT2D eigenvalue weighted by atomic mass is 9.89. The van der Waals surface area contributed by atoms with Gasteiger partial charge in [0.15, 0.2) is 17.4 Å². The molecule has 1 aromatic carbocycles. The maximum atomic E-state index is 13.1. The van der Waals surface area contributed by atoms with E-state index in [-0.39, 0.29) is 11.5 Å². The molecule has 0 heterocycles. The number of ketones is 1. The second kappa shape index (κ2) is 6.89. The summed E-state index contributed by atoms with van der Waals surface area (Å²) in [5.41, 5.74) is -1.44. The lowest BCUT2D eigenvalue weighted by molar-refractivity contribution is -0.157. The minimum atomic E-state index is -1.86. The molecule has 21 heavy (non-hydrogen) atoms. The van der Waals surface area contributed by atoms with Crippen LogP contribution in [0.4, 0.5) is 8.78 Å². The van der Waals surface area contributed by atoms with E-state index in [4.69, 9.17) is 4.74 Å². The number of ether oxygens (including phenoxy) is 1. The summed E-state index contributed by atoms with van der Waals surface area (Å²) in [6, 6.07) is 2.75. The van der Waals surface area contributed by atoms with Gasteiger partial charge in [-0.25, -0.2) is 8.78 Å². The molecule has 0 aliphatic rings. The molecule has 0 saturated carbocycles. The van der Waals surface area contributed by atoms with Crippen LogP contribution in [0.5, 0.6) is 0 Å². The number of esters is 1. The second-order valence-corrected chi connectivity index (χ2v) is 6.29. The van der Waals surface area contributed by atoms with Crippen molar-refractivity contribution in [2.75, 3.05) is 12.4 Å². The van der Waals surface area contributed by atoms with Crippen LogP contribution in [0.2, 0.25) is 0 Å². The predicted octanol–water partition coefficient (Wildman–Crippen LogP) is 2.23. The zero-order valence-electron chi connectivity index (χ0n) is 11.9. The first kappa shape index (κ1) is 17.4. The van der Waals surface area contributed by atoms with Crippen LogP contribution in [-0.4, -0.2) is 28.3 Å².